The molecule has 6 heteroatoms. The highest BCUT2D eigenvalue weighted by molar-refractivity contribution is 9.10. The Hall–Kier alpha value is -0.170. The van der Waals surface area contributed by atoms with Gasteiger partial charge in [-0.25, -0.2) is 0 Å². The second-order valence-corrected chi connectivity index (χ2v) is 15.3. The molecule has 13 atom stereocenters. The quantitative estimate of drug-likeness (QED) is 0.302. The lowest BCUT2D eigenvalue weighted by atomic mass is 9.44. The van der Waals surface area contributed by atoms with Crippen LogP contribution >= 0.6 is 15.9 Å². The number of hydrogen-bond donors (Lipinski definition) is 0. The van der Waals surface area contributed by atoms with E-state index in [0.717, 1.165) is 45.3 Å². The van der Waals surface area contributed by atoms with Crippen LogP contribution in [0.25, 0.3) is 0 Å². The van der Waals surface area contributed by atoms with E-state index >= 15 is 0 Å². The fourth-order valence-electron chi connectivity index (χ4n) is 11.0. The predicted molar refractivity (Wildman–Crippen MR) is 135 cm³/mol. The number of fused-ring (bicyclic) bond motifs is 5. The molecule has 3 saturated heterocycles. The Labute approximate surface area is 218 Å². The Balaban J connectivity index is 1.16. The van der Waals surface area contributed by atoms with Crippen molar-refractivity contribution in [1.29, 1.82) is 0 Å². The van der Waals surface area contributed by atoms with Crippen molar-refractivity contribution in [2.75, 3.05) is 13.2 Å². The molecule has 0 aromatic carbocycles. The molecule has 0 radical (unpaired) electrons. The van der Waals surface area contributed by atoms with E-state index in [0.29, 0.717) is 47.0 Å². The predicted octanol–water partition coefficient (Wildman–Crippen LogP) is 5.87. The minimum absolute atomic E-state index is 0.0177. The average Bonchev–Trinajstić information content (AvgIpc) is 3.30. The van der Waals surface area contributed by atoms with Crippen molar-refractivity contribution < 1.29 is 23.7 Å². The first-order chi connectivity index (χ1) is 16.6. The highest BCUT2D eigenvalue weighted by atomic mass is 79.9. The first kappa shape index (κ1) is 23.9. The van der Waals surface area contributed by atoms with Gasteiger partial charge >= 0.3 is 5.97 Å². The number of alkyl halides is 1. The summed E-state index contributed by atoms with van der Waals surface area (Å²) in [4.78, 5) is 11.7. The summed E-state index contributed by atoms with van der Waals surface area (Å²) in [6.07, 6.45) is 10.8. The zero-order chi connectivity index (χ0) is 24.4. The highest BCUT2D eigenvalue weighted by Gasteiger charge is 2.75. The molecule has 0 aromatic heterocycles. The zero-order valence-electron chi connectivity index (χ0n) is 21.9. The second-order valence-electron chi connectivity index (χ2n) is 13.9. The van der Waals surface area contributed by atoms with Crippen LogP contribution in [-0.4, -0.2) is 47.6 Å². The summed E-state index contributed by atoms with van der Waals surface area (Å²) >= 11 is 4.29. The first-order valence-corrected chi connectivity index (χ1v) is 15.2. The van der Waals surface area contributed by atoms with Crippen molar-refractivity contribution in [2.45, 2.75) is 114 Å². The van der Waals surface area contributed by atoms with Gasteiger partial charge in [0.15, 0.2) is 5.79 Å². The fourth-order valence-corrected chi connectivity index (χ4v) is 12.3. The molecular formula is C29H43BrO5. The standard InChI is InChI=1S/C29H43BrO5/c1-16-5-10-29(33-14-16)17(2)25-23(35-29)12-22-20-11-24-28(30)13-19(34-18(3)31)6-9-27(28,15-32-24)21(20)7-8-26(22,25)4/h16-17,19-25H,5-15H2,1-4H3/t16-,17+,19+,20-,21+,22+,23+,24-,25+,26+,27+,28+,29-/m1/s1. The third-order valence-electron chi connectivity index (χ3n) is 12.6. The lowest BCUT2D eigenvalue weighted by Gasteiger charge is -2.63. The lowest BCUT2D eigenvalue weighted by molar-refractivity contribution is -0.273. The molecule has 35 heavy (non-hydrogen) atoms. The molecule has 4 aliphatic carbocycles. The molecule has 4 saturated carbocycles. The van der Waals surface area contributed by atoms with Gasteiger partial charge in [-0.1, -0.05) is 36.7 Å². The zero-order valence-corrected chi connectivity index (χ0v) is 23.5. The fraction of sp³-hybridized carbons (Fsp3) is 0.966. The number of esters is 1. The lowest BCUT2D eigenvalue weighted by Crippen LogP contribution is -2.64. The molecule has 0 amide bonds. The van der Waals surface area contributed by atoms with Crippen LogP contribution in [-0.2, 0) is 23.7 Å². The van der Waals surface area contributed by atoms with Crippen molar-refractivity contribution in [3.8, 4) is 0 Å². The van der Waals surface area contributed by atoms with Crippen molar-refractivity contribution in [2.24, 2.45) is 46.3 Å². The molecule has 196 valence electrons. The molecule has 7 aliphatic rings. The van der Waals surface area contributed by atoms with E-state index in [1.807, 2.05) is 0 Å². The Morgan fingerprint density at radius 2 is 1.89 bits per heavy atom. The number of halogens is 1. The molecule has 0 N–H and O–H groups in total. The van der Waals surface area contributed by atoms with Crippen molar-refractivity contribution in [3.05, 3.63) is 0 Å². The Morgan fingerprint density at radius 3 is 2.63 bits per heavy atom. The van der Waals surface area contributed by atoms with Crippen LogP contribution < -0.4 is 0 Å². The van der Waals surface area contributed by atoms with Crippen LogP contribution in [0, 0.1) is 46.3 Å². The van der Waals surface area contributed by atoms with Gasteiger partial charge in [0.1, 0.15) is 6.10 Å². The number of carbonyl (C=O) groups is 1. The van der Waals surface area contributed by atoms with Crippen LogP contribution in [0.4, 0.5) is 0 Å². The topological polar surface area (TPSA) is 54.0 Å². The molecule has 2 bridgehead atoms. The van der Waals surface area contributed by atoms with Crippen LogP contribution in [0.2, 0.25) is 0 Å². The molecular weight excluding hydrogens is 508 g/mol. The van der Waals surface area contributed by atoms with Gasteiger partial charge in [0.25, 0.3) is 0 Å². The van der Waals surface area contributed by atoms with E-state index in [1.165, 1.54) is 25.7 Å². The third kappa shape index (κ3) is 3.00. The van der Waals surface area contributed by atoms with Gasteiger partial charge in [0.05, 0.1) is 29.7 Å². The van der Waals surface area contributed by atoms with Gasteiger partial charge in [-0.15, -0.1) is 0 Å². The van der Waals surface area contributed by atoms with Crippen LogP contribution in [0.5, 0.6) is 0 Å². The number of ether oxygens (including phenoxy) is 4. The third-order valence-corrected chi connectivity index (χ3v) is 14.2. The summed E-state index contributed by atoms with van der Waals surface area (Å²) in [6, 6.07) is 0. The molecule has 0 unspecified atom stereocenters. The highest BCUT2D eigenvalue weighted by Crippen LogP contribution is 2.75. The van der Waals surface area contributed by atoms with Gasteiger partial charge in [0, 0.05) is 31.1 Å². The maximum atomic E-state index is 11.7. The van der Waals surface area contributed by atoms with Gasteiger partial charge in [-0.05, 0) is 80.0 Å². The second kappa shape index (κ2) is 7.70. The SMILES string of the molecule is CC(=O)O[C@H]1CC[C@]23CO[C@H](C[C@H]4[C@@H]5C[C@@H]6O[C@]7(CC[C@@H](C)CO7)[C@@H](C)[C@@H]6[C@@]5(C)CC[C@@H]42)[C@@]3(Br)C1. The van der Waals surface area contributed by atoms with E-state index in [-0.39, 0.29) is 33.7 Å². The maximum Gasteiger partial charge on any atom is 0.302 e. The molecule has 5 nitrogen and oxygen atoms in total. The molecule has 3 heterocycles. The van der Waals surface area contributed by atoms with E-state index in [4.69, 9.17) is 18.9 Å². The van der Waals surface area contributed by atoms with Gasteiger partial charge in [-0.3, -0.25) is 4.79 Å². The van der Waals surface area contributed by atoms with E-state index in [2.05, 4.69) is 36.7 Å². The number of carbonyl (C=O) groups excluding carboxylic acids is 1. The van der Waals surface area contributed by atoms with E-state index in [9.17, 15) is 4.79 Å². The largest absolute Gasteiger partial charge is 0.463 e. The number of hydrogen-bond acceptors (Lipinski definition) is 5. The minimum atomic E-state index is -0.333. The van der Waals surface area contributed by atoms with Crippen molar-refractivity contribution in [3.63, 3.8) is 0 Å². The number of rotatable bonds is 1. The van der Waals surface area contributed by atoms with Crippen LogP contribution in [0.3, 0.4) is 0 Å². The smallest absolute Gasteiger partial charge is 0.302 e. The van der Waals surface area contributed by atoms with Crippen molar-refractivity contribution >= 4 is 21.9 Å². The van der Waals surface area contributed by atoms with Gasteiger partial charge < -0.3 is 18.9 Å². The van der Waals surface area contributed by atoms with E-state index < -0.39 is 0 Å². The molecule has 1 spiro atoms. The Morgan fingerprint density at radius 1 is 1.06 bits per heavy atom. The maximum absolute atomic E-state index is 11.7. The summed E-state index contributed by atoms with van der Waals surface area (Å²) in [7, 11) is 0. The molecule has 3 aliphatic heterocycles. The monoisotopic (exact) mass is 550 g/mol. The van der Waals surface area contributed by atoms with Crippen molar-refractivity contribution in [1.82, 2.24) is 0 Å². The molecule has 7 fully saturated rings. The van der Waals surface area contributed by atoms with Gasteiger partial charge in [-0.2, -0.15) is 0 Å². The van der Waals surface area contributed by atoms with E-state index in [1.54, 1.807) is 6.92 Å². The first-order valence-electron chi connectivity index (χ1n) is 14.4. The summed E-state index contributed by atoms with van der Waals surface area (Å²) in [5.74, 6) is 3.34. The summed E-state index contributed by atoms with van der Waals surface area (Å²) in [5.41, 5.74) is 0.505. The Bertz CT molecular complexity index is 902. The van der Waals surface area contributed by atoms with Crippen LogP contribution in [0.1, 0.15) is 85.5 Å². The van der Waals surface area contributed by atoms with Crippen LogP contribution in [0.15, 0.2) is 0 Å². The minimum Gasteiger partial charge on any atom is -0.463 e. The molecule has 7 rings (SSSR count). The molecule has 0 aromatic rings. The Kier molecular flexibility index (Phi) is 5.26. The summed E-state index contributed by atoms with van der Waals surface area (Å²) in [6.45, 7) is 10.6. The summed E-state index contributed by atoms with van der Waals surface area (Å²) in [5, 5.41) is 0. The summed E-state index contributed by atoms with van der Waals surface area (Å²) < 4.78 is 25.7. The average molecular weight is 552 g/mol. The van der Waals surface area contributed by atoms with Gasteiger partial charge in [0.2, 0.25) is 0 Å². The normalized spacial score (nSPS) is 60.5.